The van der Waals surface area contributed by atoms with Crippen LogP contribution in [-0.4, -0.2) is 62.1 Å². The van der Waals surface area contributed by atoms with Crippen molar-refractivity contribution in [3.8, 4) is 6.07 Å². The summed E-state index contributed by atoms with van der Waals surface area (Å²) in [5.74, 6) is -0.473. The Morgan fingerprint density at radius 3 is 2.58 bits per heavy atom. The van der Waals surface area contributed by atoms with E-state index >= 15 is 0 Å². The number of benzene rings is 2. The molecule has 2 aliphatic rings. The number of anilines is 1. The van der Waals surface area contributed by atoms with Crippen molar-refractivity contribution in [3.63, 3.8) is 0 Å². The Morgan fingerprint density at radius 2 is 1.92 bits per heavy atom. The van der Waals surface area contributed by atoms with Crippen LogP contribution >= 0.6 is 0 Å². The molecule has 1 aliphatic heterocycles. The van der Waals surface area contributed by atoms with Crippen molar-refractivity contribution < 1.29 is 13.2 Å². The van der Waals surface area contributed by atoms with Crippen molar-refractivity contribution in [3.05, 3.63) is 75.6 Å². The summed E-state index contributed by atoms with van der Waals surface area (Å²) in [4.78, 5) is 30.0. The van der Waals surface area contributed by atoms with Gasteiger partial charge < -0.3 is 19.7 Å². The quantitative estimate of drug-likeness (QED) is 0.347. The summed E-state index contributed by atoms with van der Waals surface area (Å²) in [5, 5.41) is 12.5. The number of nitrogens with zero attached hydrogens (tertiary/aromatic N) is 5. The lowest BCUT2D eigenvalue weighted by Crippen LogP contribution is -2.44. The molecule has 2 heterocycles. The monoisotopic (exact) mass is 532 g/mol. The van der Waals surface area contributed by atoms with Crippen LogP contribution < -0.4 is 15.8 Å². The minimum atomic E-state index is -3.70. The van der Waals surface area contributed by atoms with Gasteiger partial charge >= 0.3 is 0 Å². The maximum atomic E-state index is 13.4. The molecule has 0 spiro atoms. The topological polar surface area (TPSA) is 128 Å². The number of hydrogen-bond acceptors (Lipinski definition) is 6. The van der Waals surface area contributed by atoms with Crippen LogP contribution in [-0.2, 0) is 23.1 Å². The number of sulfonamides is 1. The first-order valence-electron chi connectivity index (χ1n) is 12.3. The fourth-order valence-corrected chi connectivity index (χ4v) is 6.26. The molecule has 2 aromatic carbocycles. The second-order valence-electron chi connectivity index (χ2n) is 9.99. The van der Waals surface area contributed by atoms with Gasteiger partial charge in [0, 0.05) is 45.7 Å². The van der Waals surface area contributed by atoms with Crippen LogP contribution in [0.5, 0.6) is 0 Å². The number of rotatable bonds is 8. The average molecular weight is 533 g/mol. The molecule has 1 saturated carbocycles. The van der Waals surface area contributed by atoms with E-state index in [0.717, 1.165) is 16.6 Å². The number of amides is 1. The first-order chi connectivity index (χ1) is 18.1. The number of carbonyl (C=O) groups excluding carboxylic acids is 1. The second kappa shape index (κ2) is 9.61. The number of pyridine rings is 1. The molecule has 1 amide bonds. The van der Waals surface area contributed by atoms with Gasteiger partial charge in [-0.05, 0) is 42.7 Å². The maximum absolute atomic E-state index is 13.4. The molecule has 3 aromatic rings. The highest BCUT2D eigenvalue weighted by Crippen LogP contribution is 2.46. The van der Waals surface area contributed by atoms with Gasteiger partial charge in [-0.25, -0.2) is 8.42 Å². The highest BCUT2D eigenvalue weighted by Gasteiger charge is 2.56. The zero-order chi connectivity index (χ0) is 27.1. The molecule has 10 nitrogen and oxygen atoms in total. The highest BCUT2D eigenvalue weighted by atomic mass is 32.2. The van der Waals surface area contributed by atoms with Crippen LogP contribution in [0.15, 0.2) is 57.7 Å². The smallest absolute Gasteiger partial charge is 0.264 e. The predicted octanol–water partition coefficient (Wildman–Crippen LogP) is 2.08. The molecule has 0 radical (unpaired) electrons. The third-order valence-electron chi connectivity index (χ3n) is 7.06. The first kappa shape index (κ1) is 25.5. The normalized spacial score (nSPS) is 15.9. The average Bonchev–Trinajstić information content (AvgIpc) is 3.70. The molecule has 0 atom stereocenters. The summed E-state index contributed by atoms with van der Waals surface area (Å²) in [6.45, 7) is 1.29. The second-order valence-corrected chi connectivity index (χ2v) is 12.0. The zero-order valence-corrected chi connectivity index (χ0v) is 22.0. The summed E-state index contributed by atoms with van der Waals surface area (Å²) in [6.07, 6.45) is 2.39. The van der Waals surface area contributed by atoms with Gasteiger partial charge in [0.2, 0.25) is 0 Å². The number of carbonyl (C=O) groups is 1. The predicted molar refractivity (Wildman–Crippen MR) is 146 cm³/mol. The Bertz CT molecular complexity index is 1650. The third-order valence-corrected chi connectivity index (χ3v) is 9.06. The fraction of sp³-hybridized carbons (Fsp3) is 0.333. The van der Waals surface area contributed by atoms with Crippen LogP contribution in [0, 0.1) is 11.3 Å². The number of hydrogen-bond donors (Lipinski definition) is 1. The number of aromatic nitrogens is 1. The Kier molecular flexibility index (Phi) is 6.44. The summed E-state index contributed by atoms with van der Waals surface area (Å²) in [6, 6.07) is 16.1. The lowest BCUT2D eigenvalue weighted by atomic mass is 10.1. The molecule has 0 saturated heterocycles. The maximum Gasteiger partial charge on any atom is 0.264 e. The minimum Gasteiger partial charge on any atom is -0.368 e. The van der Waals surface area contributed by atoms with Crippen LogP contribution in [0.25, 0.3) is 10.9 Å². The molecule has 1 N–H and O–H groups in total. The van der Waals surface area contributed by atoms with Gasteiger partial charge in [-0.15, -0.1) is 0 Å². The van der Waals surface area contributed by atoms with Gasteiger partial charge in [-0.2, -0.15) is 9.66 Å². The van der Waals surface area contributed by atoms with Crippen molar-refractivity contribution in [2.75, 3.05) is 32.1 Å². The number of para-hydroxylation sites is 1. The van der Waals surface area contributed by atoms with Crippen molar-refractivity contribution in [1.82, 2.24) is 14.8 Å². The molecule has 5 rings (SSSR count). The van der Waals surface area contributed by atoms with Gasteiger partial charge in [-0.1, -0.05) is 24.3 Å². The van der Waals surface area contributed by atoms with E-state index in [2.05, 4.69) is 15.8 Å². The van der Waals surface area contributed by atoms with Crippen LogP contribution in [0.1, 0.15) is 34.3 Å². The number of nitriles is 1. The van der Waals surface area contributed by atoms with Gasteiger partial charge in [0.25, 0.3) is 21.5 Å². The molecule has 38 heavy (non-hydrogen) atoms. The Morgan fingerprint density at radius 1 is 1.18 bits per heavy atom. The van der Waals surface area contributed by atoms with Crippen LogP contribution in [0.4, 0.5) is 5.69 Å². The van der Waals surface area contributed by atoms with E-state index in [-0.39, 0.29) is 17.7 Å². The summed E-state index contributed by atoms with van der Waals surface area (Å²) >= 11 is 0. The molecular weight excluding hydrogens is 504 g/mol. The van der Waals surface area contributed by atoms with Crippen molar-refractivity contribution in [1.29, 1.82) is 5.26 Å². The van der Waals surface area contributed by atoms with E-state index in [1.54, 1.807) is 53.9 Å². The van der Waals surface area contributed by atoms with Crippen molar-refractivity contribution in [2.45, 2.75) is 30.7 Å². The molecule has 11 heteroatoms. The van der Waals surface area contributed by atoms with E-state index < -0.39 is 20.7 Å². The summed E-state index contributed by atoms with van der Waals surface area (Å²) < 4.78 is 30.5. The number of nitrogens with one attached hydrogen (secondary N) is 1. The van der Waals surface area contributed by atoms with E-state index in [4.69, 9.17) is 5.26 Å². The Hall–Kier alpha value is -4.17. The minimum absolute atomic E-state index is 0.0519. The van der Waals surface area contributed by atoms with Gasteiger partial charge in [-0.3, -0.25) is 9.59 Å². The van der Waals surface area contributed by atoms with Gasteiger partial charge in [0.05, 0.1) is 22.8 Å². The third kappa shape index (κ3) is 4.63. The van der Waals surface area contributed by atoms with Crippen molar-refractivity contribution in [2.24, 2.45) is 4.40 Å². The Labute approximate surface area is 220 Å². The molecule has 1 aliphatic carbocycles. The van der Waals surface area contributed by atoms with E-state index in [1.807, 2.05) is 23.1 Å². The van der Waals surface area contributed by atoms with E-state index in [1.165, 1.54) is 6.34 Å². The molecular formula is C27H28N6O4S. The molecule has 1 aromatic heterocycles. The van der Waals surface area contributed by atoms with E-state index in [9.17, 15) is 18.0 Å². The summed E-state index contributed by atoms with van der Waals surface area (Å²) in [7, 11) is -0.255. The van der Waals surface area contributed by atoms with Gasteiger partial charge in [0.15, 0.2) is 0 Å². The Balaban J connectivity index is 1.42. The molecule has 196 valence electrons. The fourth-order valence-electron chi connectivity index (χ4n) is 4.79. The van der Waals surface area contributed by atoms with Crippen molar-refractivity contribution >= 4 is 38.9 Å². The molecule has 0 unspecified atom stereocenters. The zero-order valence-electron chi connectivity index (χ0n) is 21.2. The van der Waals surface area contributed by atoms with Gasteiger partial charge in [0.1, 0.15) is 16.6 Å². The first-order valence-corrected chi connectivity index (χ1v) is 13.7. The largest absolute Gasteiger partial charge is 0.368 e. The van der Waals surface area contributed by atoms with E-state index in [0.29, 0.717) is 43.6 Å². The van der Waals surface area contributed by atoms with Crippen LogP contribution in [0.2, 0.25) is 0 Å². The lowest BCUT2D eigenvalue weighted by molar-refractivity contribution is 0.0949. The molecule has 1 fully saturated rings. The SMILES string of the molecule is CN(C)C=NS(=O)(=O)C1(CN2CCn3c(=O)c(C(=O)NCc4ccc(C#N)cc4)cc4cccc2c43)CC1. The standard InChI is InChI=1S/C27H28N6O4S/c1-31(2)18-30-38(36,37)27(10-11-27)17-32-12-13-33-24-21(4-3-5-23(24)32)14-22(26(33)35)25(34)29-16-20-8-6-19(15-28)7-9-20/h3-9,14,18H,10-13,16-17H2,1-2H3,(H,29,34). The van der Waals surface area contributed by atoms with Crippen LogP contribution in [0.3, 0.4) is 0 Å². The lowest BCUT2D eigenvalue weighted by Gasteiger charge is -2.34. The highest BCUT2D eigenvalue weighted by molar-refractivity contribution is 7.92. The molecule has 0 bridgehead atoms. The summed E-state index contributed by atoms with van der Waals surface area (Å²) in [5.41, 5.74) is 2.48.